The van der Waals surface area contributed by atoms with E-state index < -0.39 is 33.8 Å². The summed E-state index contributed by atoms with van der Waals surface area (Å²) in [5.41, 5.74) is 0. The van der Waals surface area contributed by atoms with Crippen molar-refractivity contribution < 1.29 is 22.8 Å². The summed E-state index contributed by atoms with van der Waals surface area (Å²) >= 11 is 0. The van der Waals surface area contributed by atoms with E-state index in [-0.39, 0.29) is 18.9 Å². The number of primary sulfonamides is 1. The van der Waals surface area contributed by atoms with Gasteiger partial charge in [-0.3, -0.25) is 14.5 Å². The van der Waals surface area contributed by atoms with Crippen molar-refractivity contribution in [1.29, 1.82) is 0 Å². The van der Waals surface area contributed by atoms with Gasteiger partial charge in [0.1, 0.15) is 12.6 Å². The lowest BCUT2D eigenvalue weighted by molar-refractivity contribution is -0.137. The van der Waals surface area contributed by atoms with Gasteiger partial charge in [-0.15, -0.1) is 0 Å². The highest BCUT2D eigenvalue weighted by molar-refractivity contribution is 7.89. The zero-order valence-corrected chi connectivity index (χ0v) is 17.4. The summed E-state index contributed by atoms with van der Waals surface area (Å²) in [6.07, 6.45) is 1.56. The van der Waals surface area contributed by atoms with E-state index in [1.165, 1.54) is 0 Å². The van der Waals surface area contributed by atoms with Gasteiger partial charge in [-0.1, -0.05) is 27.7 Å². The van der Waals surface area contributed by atoms with Gasteiger partial charge in [-0.2, -0.15) is 0 Å². The van der Waals surface area contributed by atoms with Crippen LogP contribution in [0.5, 0.6) is 0 Å². The summed E-state index contributed by atoms with van der Waals surface area (Å²) in [7, 11) is -3.73. The van der Waals surface area contributed by atoms with Crippen molar-refractivity contribution in [2.45, 2.75) is 53.0 Å². The van der Waals surface area contributed by atoms with Gasteiger partial charge in [-0.25, -0.2) is 18.4 Å². The quantitative estimate of drug-likeness (QED) is 0.485. The van der Waals surface area contributed by atoms with Gasteiger partial charge >= 0.3 is 6.03 Å². The minimum Gasteiger partial charge on any atom is -0.341 e. The van der Waals surface area contributed by atoms with Crippen molar-refractivity contribution in [2.24, 2.45) is 17.0 Å². The number of nitrogens with two attached hydrogens (primary N) is 1. The Morgan fingerprint density at radius 2 is 1.67 bits per heavy atom. The van der Waals surface area contributed by atoms with Crippen molar-refractivity contribution in [1.82, 2.24) is 15.1 Å². The summed E-state index contributed by atoms with van der Waals surface area (Å²) in [4.78, 5) is 39.6. The molecule has 0 radical (unpaired) electrons. The summed E-state index contributed by atoms with van der Waals surface area (Å²) in [5.74, 6) is -0.436. The van der Waals surface area contributed by atoms with Crippen molar-refractivity contribution in [3.05, 3.63) is 0 Å². The first kappa shape index (κ1) is 23.4. The molecule has 1 heterocycles. The molecule has 0 bridgehead atoms. The summed E-state index contributed by atoms with van der Waals surface area (Å²) in [6, 6.07) is -1.65. The number of sulfonamides is 1. The standard InChI is InChI=1S/C17H32N4O5S/c1-12(2)5-8-20(9-6-13(3)4)15(22)11-21-16(23)14(19-17(21)24)7-10-27(18,25)26/h12-14H,5-11H2,1-4H3,(H,19,24)(H2,18,25,26). The number of imide groups is 1. The van der Waals surface area contributed by atoms with Crippen LogP contribution in [-0.4, -0.2) is 67.5 Å². The molecule has 0 aromatic rings. The molecule has 0 aliphatic carbocycles. The van der Waals surface area contributed by atoms with Crippen LogP contribution >= 0.6 is 0 Å². The van der Waals surface area contributed by atoms with E-state index in [1.807, 2.05) is 0 Å². The maximum Gasteiger partial charge on any atom is 0.325 e. The fourth-order valence-corrected chi connectivity index (χ4v) is 3.19. The van der Waals surface area contributed by atoms with Crippen molar-refractivity contribution in [2.75, 3.05) is 25.4 Å². The van der Waals surface area contributed by atoms with Crippen molar-refractivity contribution in [3.63, 3.8) is 0 Å². The molecule has 4 amide bonds. The van der Waals surface area contributed by atoms with Crippen LogP contribution in [0.25, 0.3) is 0 Å². The van der Waals surface area contributed by atoms with Crippen LogP contribution in [0.1, 0.15) is 47.0 Å². The Morgan fingerprint density at radius 1 is 1.15 bits per heavy atom. The fraction of sp³-hybridized carbons (Fsp3) is 0.824. The Bertz CT molecular complexity index is 636. The highest BCUT2D eigenvalue weighted by Crippen LogP contribution is 2.12. The topological polar surface area (TPSA) is 130 Å². The summed E-state index contributed by atoms with van der Waals surface area (Å²) in [5, 5.41) is 7.36. The zero-order valence-electron chi connectivity index (χ0n) is 16.6. The Labute approximate surface area is 161 Å². The highest BCUT2D eigenvalue weighted by Gasteiger charge is 2.39. The lowest BCUT2D eigenvalue weighted by Crippen LogP contribution is -2.44. The molecule has 27 heavy (non-hydrogen) atoms. The van der Waals surface area contributed by atoms with Gasteiger partial charge in [0.15, 0.2) is 0 Å². The summed E-state index contributed by atoms with van der Waals surface area (Å²) < 4.78 is 22.1. The fourth-order valence-electron chi connectivity index (χ4n) is 2.63. The monoisotopic (exact) mass is 404 g/mol. The third kappa shape index (κ3) is 8.25. The molecule has 10 heteroatoms. The molecule has 0 aromatic carbocycles. The number of hydrogen-bond acceptors (Lipinski definition) is 5. The average Bonchev–Trinajstić information content (AvgIpc) is 2.79. The van der Waals surface area contributed by atoms with E-state index in [0.717, 1.165) is 17.7 Å². The smallest absolute Gasteiger partial charge is 0.325 e. The Balaban J connectivity index is 2.72. The lowest BCUT2D eigenvalue weighted by Gasteiger charge is -2.26. The molecule has 0 spiro atoms. The Kier molecular flexibility index (Phi) is 8.67. The molecule has 1 unspecified atom stereocenters. The van der Waals surface area contributed by atoms with Crippen LogP contribution in [0.15, 0.2) is 0 Å². The van der Waals surface area contributed by atoms with Gasteiger partial charge in [0.25, 0.3) is 5.91 Å². The molecule has 1 aliphatic heterocycles. The second-order valence-corrected chi connectivity index (χ2v) is 9.56. The highest BCUT2D eigenvalue weighted by atomic mass is 32.2. The molecule has 0 saturated carbocycles. The molecule has 1 fully saturated rings. The van der Waals surface area contributed by atoms with Gasteiger partial charge in [-0.05, 0) is 31.1 Å². The van der Waals surface area contributed by atoms with Crippen molar-refractivity contribution >= 4 is 27.9 Å². The molecule has 1 saturated heterocycles. The Hall–Kier alpha value is -1.68. The second kappa shape index (κ2) is 10.0. The largest absolute Gasteiger partial charge is 0.341 e. The van der Waals surface area contributed by atoms with Crippen LogP contribution in [0.2, 0.25) is 0 Å². The van der Waals surface area contributed by atoms with E-state index in [0.29, 0.717) is 24.9 Å². The van der Waals surface area contributed by atoms with E-state index >= 15 is 0 Å². The molecule has 1 rings (SSSR count). The van der Waals surface area contributed by atoms with E-state index in [2.05, 4.69) is 33.0 Å². The Morgan fingerprint density at radius 3 is 2.11 bits per heavy atom. The van der Waals surface area contributed by atoms with Gasteiger partial charge < -0.3 is 10.2 Å². The molecule has 9 nitrogen and oxygen atoms in total. The predicted octanol–water partition coefficient (Wildman–Crippen LogP) is 0.506. The number of hydrogen-bond donors (Lipinski definition) is 2. The number of nitrogens with zero attached hydrogens (tertiary/aromatic N) is 2. The minimum atomic E-state index is -3.73. The molecule has 1 atom stereocenters. The van der Waals surface area contributed by atoms with Gasteiger partial charge in [0, 0.05) is 13.1 Å². The maximum absolute atomic E-state index is 12.7. The van der Waals surface area contributed by atoms with Crippen LogP contribution in [0.3, 0.4) is 0 Å². The van der Waals surface area contributed by atoms with Crippen LogP contribution in [-0.2, 0) is 19.6 Å². The average molecular weight is 405 g/mol. The maximum atomic E-state index is 12.7. The first-order chi connectivity index (χ1) is 12.4. The SMILES string of the molecule is CC(C)CCN(CCC(C)C)C(=O)CN1C(=O)NC(CCS(N)(=O)=O)C1=O. The number of urea groups is 1. The zero-order chi connectivity index (χ0) is 20.8. The predicted molar refractivity (Wildman–Crippen MR) is 102 cm³/mol. The number of carbonyl (C=O) groups excluding carboxylic acids is 3. The minimum absolute atomic E-state index is 0.113. The first-order valence-electron chi connectivity index (χ1n) is 9.30. The molecule has 156 valence electrons. The molecule has 1 aliphatic rings. The number of rotatable bonds is 11. The van der Waals surface area contributed by atoms with E-state index in [4.69, 9.17) is 5.14 Å². The molecule has 0 aromatic heterocycles. The number of nitrogens with one attached hydrogen (secondary N) is 1. The molecular formula is C17H32N4O5S. The summed E-state index contributed by atoms with van der Waals surface area (Å²) in [6.45, 7) is 9.07. The molecular weight excluding hydrogens is 372 g/mol. The van der Waals surface area contributed by atoms with E-state index in [1.54, 1.807) is 4.90 Å². The van der Waals surface area contributed by atoms with Gasteiger partial charge in [0.05, 0.1) is 5.75 Å². The number of carbonyl (C=O) groups is 3. The van der Waals surface area contributed by atoms with Crippen LogP contribution in [0, 0.1) is 11.8 Å². The van der Waals surface area contributed by atoms with Crippen LogP contribution in [0.4, 0.5) is 4.79 Å². The normalized spacial score (nSPS) is 17.7. The van der Waals surface area contributed by atoms with Crippen LogP contribution < -0.4 is 10.5 Å². The molecule has 3 N–H and O–H groups in total. The lowest BCUT2D eigenvalue weighted by atomic mass is 10.1. The second-order valence-electron chi connectivity index (χ2n) is 7.83. The third-order valence-corrected chi connectivity index (χ3v) is 5.20. The van der Waals surface area contributed by atoms with Crippen molar-refractivity contribution in [3.8, 4) is 0 Å². The third-order valence-electron chi connectivity index (χ3n) is 4.40. The number of amides is 4. The first-order valence-corrected chi connectivity index (χ1v) is 11.0. The van der Waals surface area contributed by atoms with Gasteiger partial charge in [0.2, 0.25) is 15.9 Å². The van der Waals surface area contributed by atoms with E-state index in [9.17, 15) is 22.8 Å².